The molecule has 0 unspecified atom stereocenters. The van der Waals surface area contributed by atoms with Gasteiger partial charge in [-0.05, 0) is 71.5 Å². The van der Waals surface area contributed by atoms with Gasteiger partial charge in [0.05, 0.1) is 11.9 Å². The van der Waals surface area contributed by atoms with E-state index in [-0.39, 0.29) is 0 Å². The largest absolute Gasteiger partial charge is 0.284 e. The molecule has 1 aliphatic carbocycles. The van der Waals surface area contributed by atoms with E-state index in [0.29, 0.717) is 5.69 Å². The number of nitrogens with zero attached hydrogens (tertiary/aromatic N) is 1. The van der Waals surface area contributed by atoms with Crippen molar-refractivity contribution in [1.29, 1.82) is 0 Å². The Labute approximate surface area is 170 Å². The van der Waals surface area contributed by atoms with Crippen LogP contribution in [0, 0.1) is 0 Å². The fourth-order valence-electron chi connectivity index (χ4n) is 3.53. The number of anilines is 1. The molecule has 142 valence electrons. The van der Waals surface area contributed by atoms with Crippen molar-refractivity contribution in [2.75, 3.05) is 11.0 Å². The van der Waals surface area contributed by atoms with Gasteiger partial charge in [-0.25, -0.2) is 8.42 Å². The number of benzene rings is 2. The summed E-state index contributed by atoms with van der Waals surface area (Å²) in [6.45, 7) is 0. The highest BCUT2D eigenvalue weighted by Crippen LogP contribution is 2.35. The van der Waals surface area contributed by atoms with Crippen LogP contribution in [0.1, 0.15) is 27.9 Å². The first-order valence-electron chi connectivity index (χ1n) is 8.92. The topological polar surface area (TPSA) is 59.1 Å². The van der Waals surface area contributed by atoms with Crippen molar-refractivity contribution in [2.24, 2.45) is 0 Å². The summed E-state index contributed by atoms with van der Waals surface area (Å²) in [6.07, 6.45) is 6.78. The molecular weight excluding hydrogens is 392 g/mol. The lowest BCUT2D eigenvalue weighted by molar-refractivity contribution is 0.607. The van der Waals surface area contributed by atoms with Crippen LogP contribution in [-0.2, 0) is 22.9 Å². The molecule has 0 bridgehead atoms. The standard InChI is InChI=1S/C22H19ClN2O2S/c1-28(26,27)25-19-6-2-4-15(12-19)13-21-20-10-9-18(23)14-17(20)8-7-16-5-3-11-24-22(16)21/h2-6,9-14,25H,7-8H2,1H3/b21-13+. The highest BCUT2D eigenvalue weighted by Gasteiger charge is 2.19. The highest BCUT2D eigenvalue weighted by atomic mass is 35.5. The molecule has 0 radical (unpaired) electrons. The zero-order valence-electron chi connectivity index (χ0n) is 15.3. The minimum atomic E-state index is -3.33. The minimum absolute atomic E-state index is 0.531. The zero-order chi connectivity index (χ0) is 19.7. The Kier molecular flexibility index (Phi) is 4.96. The third kappa shape index (κ3) is 4.11. The number of hydrogen-bond acceptors (Lipinski definition) is 3. The maximum Gasteiger partial charge on any atom is 0.229 e. The van der Waals surface area contributed by atoms with Gasteiger partial charge in [-0.1, -0.05) is 35.9 Å². The van der Waals surface area contributed by atoms with Gasteiger partial charge in [-0.3, -0.25) is 9.71 Å². The quantitative estimate of drug-likeness (QED) is 0.675. The van der Waals surface area contributed by atoms with Crippen molar-refractivity contribution in [3.63, 3.8) is 0 Å². The molecule has 0 aliphatic heterocycles. The third-order valence-corrected chi connectivity index (χ3v) is 5.51. The van der Waals surface area contributed by atoms with Crippen LogP contribution >= 0.6 is 11.6 Å². The Balaban J connectivity index is 1.88. The summed E-state index contributed by atoms with van der Waals surface area (Å²) < 4.78 is 25.6. The number of pyridine rings is 1. The highest BCUT2D eigenvalue weighted by molar-refractivity contribution is 7.92. The van der Waals surface area contributed by atoms with E-state index >= 15 is 0 Å². The molecule has 1 aliphatic rings. The molecule has 28 heavy (non-hydrogen) atoms. The summed E-state index contributed by atoms with van der Waals surface area (Å²) in [7, 11) is -3.33. The maximum atomic E-state index is 11.6. The summed E-state index contributed by atoms with van der Waals surface area (Å²) in [6, 6.07) is 17.3. The predicted molar refractivity (Wildman–Crippen MR) is 115 cm³/mol. The van der Waals surface area contributed by atoms with E-state index in [1.165, 1.54) is 11.1 Å². The Morgan fingerprint density at radius 1 is 1.04 bits per heavy atom. The molecule has 0 saturated heterocycles. The van der Waals surface area contributed by atoms with Crippen LogP contribution in [0.3, 0.4) is 0 Å². The van der Waals surface area contributed by atoms with Crippen LogP contribution in [0.15, 0.2) is 60.8 Å². The normalized spacial score (nSPS) is 14.9. The van der Waals surface area contributed by atoms with E-state index in [1.807, 2.05) is 42.5 Å². The lowest BCUT2D eigenvalue weighted by Gasteiger charge is -2.12. The zero-order valence-corrected chi connectivity index (χ0v) is 16.9. The monoisotopic (exact) mass is 410 g/mol. The molecule has 1 aromatic heterocycles. The smallest absolute Gasteiger partial charge is 0.229 e. The fourth-order valence-corrected chi connectivity index (χ4v) is 4.28. The second-order valence-electron chi connectivity index (χ2n) is 6.87. The molecule has 2 aromatic carbocycles. The first kappa shape index (κ1) is 18.7. The average Bonchev–Trinajstić information content (AvgIpc) is 2.78. The molecule has 4 nitrogen and oxygen atoms in total. The van der Waals surface area contributed by atoms with E-state index in [9.17, 15) is 8.42 Å². The second kappa shape index (κ2) is 7.41. The van der Waals surface area contributed by atoms with Crippen molar-refractivity contribution in [3.05, 3.63) is 93.8 Å². The summed E-state index contributed by atoms with van der Waals surface area (Å²) >= 11 is 6.23. The van der Waals surface area contributed by atoms with Crippen LogP contribution in [-0.4, -0.2) is 19.7 Å². The number of hydrogen-bond donors (Lipinski definition) is 1. The first-order valence-corrected chi connectivity index (χ1v) is 11.2. The van der Waals surface area contributed by atoms with Gasteiger partial charge in [0.15, 0.2) is 0 Å². The maximum absolute atomic E-state index is 11.6. The molecular formula is C22H19ClN2O2S. The number of aromatic nitrogens is 1. The van der Waals surface area contributed by atoms with Crippen molar-refractivity contribution < 1.29 is 8.42 Å². The molecule has 1 N–H and O–H groups in total. The van der Waals surface area contributed by atoms with Gasteiger partial charge in [-0.2, -0.15) is 0 Å². The molecule has 0 amide bonds. The van der Waals surface area contributed by atoms with Crippen molar-refractivity contribution in [3.8, 4) is 0 Å². The van der Waals surface area contributed by atoms with E-state index in [4.69, 9.17) is 11.6 Å². The van der Waals surface area contributed by atoms with E-state index in [1.54, 1.807) is 12.3 Å². The molecule has 0 fully saturated rings. The second-order valence-corrected chi connectivity index (χ2v) is 9.06. The summed E-state index contributed by atoms with van der Waals surface area (Å²) in [5.74, 6) is 0. The lowest BCUT2D eigenvalue weighted by Crippen LogP contribution is -2.09. The van der Waals surface area contributed by atoms with Crippen molar-refractivity contribution >= 4 is 39.0 Å². The molecule has 4 rings (SSSR count). The van der Waals surface area contributed by atoms with Crippen LogP contribution in [0.2, 0.25) is 5.02 Å². The minimum Gasteiger partial charge on any atom is -0.284 e. The van der Waals surface area contributed by atoms with Gasteiger partial charge >= 0.3 is 0 Å². The van der Waals surface area contributed by atoms with Crippen LogP contribution in [0.5, 0.6) is 0 Å². The lowest BCUT2D eigenvalue weighted by atomic mass is 9.95. The molecule has 0 saturated carbocycles. The van der Waals surface area contributed by atoms with Gasteiger partial charge in [0, 0.05) is 22.5 Å². The molecule has 0 spiro atoms. The fraction of sp³-hybridized carbons (Fsp3) is 0.136. The molecule has 6 heteroatoms. The summed E-state index contributed by atoms with van der Waals surface area (Å²) in [5.41, 5.74) is 6.85. The molecule has 3 aromatic rings. The Morgan fingerprint density at radius 2 is 1.86 bits per heavy atom. The average molecular weight is 411 g/mol. The first-order chi connectivity index (χ1) is 13.4. The van der Waals surface area contributed by atoms with Crippen molar-refractivity contribution in [2.45, 2.75) is 12.8 Å². The number of sulfonamides is 1. The van der Waals surface area contributed by atoms with Gasteiger partial charge < -0.3 is 0 Å². The summed E-state index contributed by atoms with van der Waals surface area (Å²) in [5, 5.41) is 0.719. The van der Waals surface area contributed by atoms with Crippen LogP contribution in [0.4, 0.5) is 5.69 Å². The Hall–Kier alpha value is -2.63. The SMILES string of the molecule is CS(=O)(=O)Nc1cccc(/C=C2\c3ccc(Cl)cc3CCc3cccnc32)c1. The molecule has 1 heterocycles. The van der Waals surface area contributed by atoms with E-state index < -0.39 is 10.0 Å². The predicted octanol–water partition coefficient (Wildman–Crippen LogP) is 4.79. The Bertz CT molecular complexity index is 1190. The van der Waals surface area contributed by atoms with Gasteiger partial charge in [0.2, 0.25) is 10.0 Å². The number of nitrogens with one attached hydrogen (secondary N) is 1. The molecule has 0 atom stereocenters. The number of fused-ring (bicyclic) bond motifs is 2. The number of halogens is 1. The third-order valence-electron chi connectivity index (χ3n) is 4.67. The van der Waals surface area contributed by atoms with Gasteiger partial charge in [-0.15, -0.1) is 0 Å². The summed E-state index contributed by atoms with van der Waals surface area (Å²) in [4.78, 5) is 4.65. The number of rotatable bonds is 3. The van der Waals surface area contributed by atoms with E-state index in [2.05, 4.69) is 21.8 Å². The van der Waals surface area contributed by atoms with Crippen molar-refractivity contribution in [1.82, 2.24) is 4.98 Å². The van der Waals surface area contributed by atoms with Crippen LogP contribution < -0.4 is 4.72 Å². The van der Waals surface area contributed by atoms with Gasteiger partial charge in [0.1, 0.15) is 0 Å². The van der Waals surface area contributed by atoms with Gasteiger partial charge in [0.25, 0.3) is 0 Å². The van der Waals surface area contributed by atoms with E-state index in [0.717, 1.165) is 46.5 Å². The van der Waals surface area contributed by atoms with Crippen LogP contribution in [0.25, 0.3) is 11.6 Å². The Morgan fingerprint density at radius 3 is 2.68 bits per heavy atom. The number of aryl methyl sites for hydroxylation is 2.